The van der Waals surface area contributed by atoms with Crippen LogP contribution in [-0.4, -0.2) is 11.7 Å². The van der Waals surface area contributed by atoms with Gasteiger partial charge >= 0.3 is 0 Å². The van der Waals surface area contributed by atoms with E-state index in [0.717, 1.165) is 24.4 Å². The molecule has 2 aromatic rings. The zero-order chi connectivity index (χ0) is 13.5. The third-order valence-corrected chi connectivity index (χ3v) is 2.87. The molecule has 19 heavy (non-hydrogen) atoms. The zero-order valence-corrected chi connectivity index (χ0v) is 11.1. The van der Waals surface area contributed by atoms with Gasteiger partial charge in [-0.1, -0.05) is 37.3 Å². The van der Waals surface area contributed by atoms with Gasteiger partial charge in [-0.25, -0.2) is 0 Å². The van der Waals surface area contributed by atoms with Gasteiger partial charge in [-0.2, -0.15) is 0 Å². The minimum absolute atomic E-state index is 0.0192. The van der Waals surface area contributed by atoms with Crippen LogP contribution in [0.1, 0.15) is 18.1 Å². The van der Waals surface area contributed by atoms with Crippen molar-refractivity contribution in [1.82, 2.24) is 5.32 Å². The summed E-state index contributed by atoms with van der Waals surface area (Å²) in [5.74, 6) is 1.48. The molecule has 0 aliphatic carbocycles. The molecule has 2 N–H and O–H groups in total. The molecule has 0 unspecified atom stereocenters. The standard InChI is InChI=1S/C16H19NO2/c1-2-17-11-13-7-9-15(10-8-13)19-16-6-4-3-5-14(16)12-18/h3-10,17-18H,2,11-12H2,1H3. The molecule has 100 valence electrons. The molecular weight excluding hydrogens is 238 g/mol. The summed E-state index contributed by atoms with van der Waals surface area (Å²) in [4.78, 5) is 0. The van der Waals surface area contributed by atoms with Crippen LogP contribution in [0.15, 0.2) is 48.5 Å². The SMILES string of the molecule is CCNCc1ccc(Oc2ccccc2CO)cc1. The molecule has 3 nitrogen and oxygen atoms in total. The lowest BCUT2D eigenvalue weighted by Crippen LogP contribution is -2.11. The van der Waals surface area contributed by atoms with Crippen LogP contribution in [0.25, 0.3) is 0 Å². The van der Waals surface area contributed by atoms with Crippen molar-refractivity contribution in [2.45, 2.75) is 20.1 Å². The fourth-order valence-electron chi connectivity index (χ4n) is 1.81. The molecule has 2 rings (SSSR count). The second-order valence-corrected chi connectivity index (χ2v) is 4.29. The predicted molar refractivity (Wildman–Crippen MR) is 76.3 cm³/mol. The number of benzene rings is 2. The van der Waals surface area contributed by atoms with Crippen molar-refractivity contribution in [3.05, 3.63) is 59.7 Å². The Morgan fingerprint density at radius 2 is 1.79 bits per heavy atom. The van der Waals surface area contributed by atoms with E-state index in [2.05, 4.69) is 12.2 Å². The number of ether oxygens (including phenoxy) is 1. The maximum Gasteiger partial charge on any atom is 0.132 e. The van der Waals surface area contributed by atoms with Gasteiger partial charge in [0.1, 0.15) is 11.5 Å². The van der Waals surface area contributed by atoms with Gasteiger partial charge in [0.15, 0.2) is 0 Å². The van der Waals surface area contributed by atoms with E-state index in [1.54, 1.807) is 0 Å². The van der Waals surface area contributed by atoms with Crippen LogP contribution >= 0.6 is 0 Å². The van der Waals surface area contributed by atoms with Gasteiger partial charge in [0, 0.05) is 12.1 Å². The van der Waals surface area contributed by atoms with Gasteiger partial charge in [-0.3, -0.25) is 0 Å². The summed E-state index contributed by atoms with van der Waals surface area (Å²) in [6.07, 6.45) is 0. The monoisotopic (exact) mass is 257 g/mol. The van der Waals surface area contributed by atoms with Crippen molar-refractivity contribution in [3.63, 3.8) is 0 Å². The van der Waals surface area contributed by atoms with E-state index < -0.39 is 0 Å². The van der Waals surface area contributed by atoms with Crippen molar-refractivity contribution in [2.24, 2.45) is 0 Å². The number of rotatable bonds is 6. The van der Waals surface area contributed by atoms with Crippen molar-refractivity contribution in [2.75, 3.05) is 6.54 Å². The van der Waals surface area contributed by atoms with Crippen molar-refractivity contribution in [1.29, 1.82) is 0 Å². The van der Waals surface area contributed by atoms with Crippen LogP contribution < -0.4 is 10.1 Å². The summed E-state index contributed by atoms with van der Waals surface area (Å²) in [5.41, 5.74) is 2.02. The lowest BCUT2D eigenvalue weighted by atomic mass is 10.2. The van der Waals surface area contributed by atoms with E-state index in [1.807, 2.05) is 48.5 Å². The normalized spacial score (nSPS) is 10.4. The second kappa shape index (κ2) is 6.92. The van der Waals surface area contributed by atoms with Crippen LogP contribution in [0.4, 0.5) is 0 Å². The minimum atomic E-state index is -0.0192. The maximum absolute atomic E-state index is 9.25. The molecule has 0 fully saturated rings. The summed E-state index contributed by atoms with van der Waals surface area (Å²) in [5, 5.41) is 12.5. The highest BCUT2D eigenvalue weighted by Crippen LogP contribution is 2.25. The molecule has 0 saturated carbocycles. The summed E-state index contributed by atoms with van der Waals surface area (Å²) < 4.78 is 5.78. The van der Waals surface area contributed by atoms with Crippen LogP contribution in [0, 0.1) is 0 Å². The highest BCUT2D eigenvalue weighted by molar-refractivity contribution is 5.38. The molecule has 0 amide bonds. The van der Waals surface area contributed by atoms with E-state index >= 15 is 0 Å². The average molecular weight is 257 g/mol. The molecule has 0 spiro atoms. The molecule has 0 radical (unpaired) electrons. The molecule has 0 aliphatic heterocycles. The summed E-state index contributed by atoms with van der Waals surface area (Å²) in [6, 6.07) is 15.5. The van der Waals surface area contributed by atoms with Crippen molar-refractivity contribution < 1.29 is 9.84 Å². The quantitative estimate of drug-likeness (QED) is 0.835. The van der Waals surface area contributed by atoms with Gasteiger partial charge < -0.3 is 15.2 Å². The number of aliphatic hydroxyl groups is 1. The third kappa shape index (κ3) is 3.81. The van der Waals surface area contributed by atoms with Gasteiger partial charge in [0.05, 0.1) is 6.61 Å². The molecule has 0 heterocycles. The molecule has 2 aromatic carbocycles. The number of hydrogen-bond donors (Lipinski definition) is 2. The van der Waals surface area contributed by atoms with Crippen LogP contribution in [0.3, 0.4) is 0 Å². The Bertz CT molecular complexity index is 508. The Hall–Kier alpha value is -1.84. The first-order valence-electron chi connectivity index (χ1n) is 6.49. The summed E-state index contributed by atoms with van der Waals surface area (Å²) in [7, 11) is 0. The van der Waals surface area contributed by atoms with E-state index in [1.165, 1.54) is 5.56 Å². The van der Waals surface area contributed by atoms with E-state index in [4.69, 9.17) is 4.74 Å². The lowest BCUT2D eigenvalue weighted by molar-refractivity contribution is 0.276. The Morgan fingerprint density at radius 3 is 2.47 bits per heavy atom. The van der Waals surface area contributed by atoms with Crippen LogP contribution in [0.5, 0.6) is 11.5 Å². The number of aliphatic hydroxyl groups excluding tert-OH is 1. The third-order valence-electron chi connectivity index (χ3n) is 2.87. The first-order valence-corrected chi connectivity index (χ1v) is 6.49. The molecule has 0 bridgehead atoms. The average Bonchev–Trinajstić information content (AvgIpc) is 2.47. The van der Waals surface area contributed by atoms with E-state index in [-0.39, 0.29) is 6.61 Å². The van der Waals surface area contributed by atoms with E-state index in [0.29, 0.717) is 5.75 Å². The second-order valence-electron chi connectivity index (χ2n) is 4.29. The molecular formula is C16H19NO2. The number of nitrogens with one attached hydrogen (secondary N) is 1. The summed E-state index contributed by atoms with van der Waals surface area (Å²) in [6.45, 7) is 3.89. The molecule has 0 atom stereocenters. The van der Waals surface area contributed by atoms with E-state index in [9.17, 15) is 5.11 Å². The molecule has 0 aliphatic rings. The minimum Gasteiger partial charge on any atom is -0.457 e. The van der Waals surface area contributed by atoms with Gasteiger partial charge in [-0.05, 0) is 30.3 Å². The van der Waals surface area contributed by atoms with Gasteiger partial charge in [0.2, 0.25) is 0 Å². The lowest BCUT2D eigenvalue weighted by Gasteiger charge is -2.10. The van der Waals surface area contributed by atoms with Gasteiger partial charge in [-0.15, -0.1) is 0 Å². The highest BCUT2D eigenvalue weighted by atomic mass is 16.5. The first kappa shape index (κ1) is 13.6. The van der Waals surface area contributed by atoms with Gasteiger partial charge in [0.25, 0.3) is 0 Å². The highest BCUT2D eigenvalue weighted by Gasteiger charge is 2.03. The number of hydrogen-bond acceptors (Lipinski definition) is 3. The van der Waals surface area contributed by atoms with Crippen molar-refractivity contribution in [3.8, 4) is 11.5 Å². The topological polar surface area (TPSA) is 41.5 Å². The molecule has 3 heteroatoms. The maximum atomic E-state index is 9.25. The van der Waals surface area contributed by atoms with Crippen molar-refractivity contribution >= 4 is 0 Å². The van der Waals surface area contributed by atoms with Crippen LogP contribution in [-0.2, 0) is 13.2 Å². The smallest absolute Gasteiger partial charge is 0.132 e. The summed E-state index contributed by atoms with van der Waals surface area (Å²) >= 11 is 0. The Morgan fingerprint density at radius 1 is 1.05 bits per heavy atom. The zero-order valence-electron chi connectivity index (χ0n) is 11.1. The largest absolute Gasteiger partial charge is 0.457 e. The molecule has 0 aromatic heterocycles. The first-order chi connectivity index (χ1) is 9.33. The van der Waals surface area contributed by atoms with Crippen LogP contribution in [0.2, 0.25) is 0 Å². The Balaban J connectivity index is 2.06. The Kier molecular flexibility index (Phi) is 4.95. The fraction of sp³-hybridized carbons (Fsp3) is 0.250. The molecule has 0 saturated heterocycles. The predicted octanol–water partition coefficient (Wildman–Crippen LogP) is 3.08. The fourth-order valence-corrected chi connectivity index (χ4v) is 1.81. The Labute approximate surface area is 113 Å². The number of para-hydroxylation sites is 1.